The first-order valence-electron chi connectivity index (χ1n) is 11.4. The summed E-state index contributed by atoms with van der Waals surface area (Å²) in [6.45, 7) is 10.9. The molecule has 0 radical (unpaired) electrons. The van der Waals surface area contributed by atoms with Gasteiger partial charge in [-0.15, -0.1) is 6.58 Å². The van der Waals surface area contributed by atoms with E-state index in [1.54, 1.807) is 25.3 Å². The summed E-state index contributed by atoms with van der Waals surface area (Å²) in [6.07, 6.45) is 3.00. The highest BCUT2D eigenvalue weighted by Gasteiger charge is 2.14. The second-order valence-electron chi connectivity index (χ2n) is 6.77. The number of ether oxygens (including phenoxy) is 2. The Bertz CT molecular complexity index is 908. The fraction of sp³-hybridized carbons (Fsp3) is 0.321. The van der Waals surface area contributed by atoms with Crippen molar-refractivity contribution in [2.24, 2.45) is 5.73 Å². The summed E-state index contributed by atoms with van der Waals surface area (Å²) in [5.41, 5.74) is 6.41. The fourth-order valence-corrected chi connectivity index (χ4v) is 2.54. The zero-order chi connectivity index (χ0) is 25.6. The number of hydrogen-bond donors (Lipinski definition) is 2. The van der Waals surface area contributed by atoms with E-state index in [9.17, 15) is 4.79 Å². The average molecular weight is 469 g/mol. The number of allylic oxidation sites excluding steroid dienone is 1. The standard InChI is InChI=1S/C21H21NO4.C3H8.C3H6.CH5N/c1-24-18-10-6-5-9-17(18)19-11-12-20(26-19)21(23)22-13-14-25-15-16-7-3-2-4-8-16;2*1-3-2;1-2/h2-12H,13-15H2,1H3,(H,22,23);3H2,1-2H3;3H,1H2,2H3;2H2,1H3. The van der Waals surface area contributed by atoms with Gasteiger partial charge >= 0.3 is 0 Å². The summed E-state index contributed by atoms with van der Waals surface area (Å²) in [5.74, 6) is 1.28. The summed E-state index contributed by atoms with van der Waals surface area (Å²) >= 11 is 0. The Morgan fingerprint density at radius 3 is 2.24 bits per heavy atom. The van der Waals surface area contributed by atoms with Crippen LogP contribution in [0.5, 0.6) is 5.75 Å². The van der Waals surface area contributed by atoms with E-state index >= 15 is 0 Å². The number of benzene rings is 2. The molecule has 0 aliphatic heterocycles. The predicted molar refractivity (Wildman–Crippen MR) is 141 cm³/mol. The normalized spacial score (nSPS) is 9.12. The second-order valence-corrected chi connectivity index (χ2v) is 6.77. The molecular formula is C28H40N2O4. The Hall–Kier alpha value is -3.35. The maximum atomic E-state index is 12.2. The summed E-state index contributed by atoms with van der Waals surface area (Å²) < 4.78 is 16.5. The van der Waals surface area contributed by atoms with Gasteiger partial charge in [-0.3, -0.25) is 4.79 Å². The van der Waals surface area contributed by atoms with Crippen molar-refractivity contribution in [2.45, 2.75) is 33.8 Å². The second kappa shape index (κ2) is 20.3. The van der Waals surface area contributed by atoms with Gasteiger partial charge in [0.05, 0.1) is 25.9 Å². The molecule has 0 unspecified atom stereocenters. The number of methoxy groups -OCH3 is 1. The molecule has 2 aromatic carbocycles. The van der Waals surface area contributed by atoms with Crippen LogP contribution in [0.2, 0.25) is 0 Å². The Balaban J connectivity index is 0.00000121. The molecule has 3 aromatic rings. The van der Waals surface area contributed by atoms with Crippen LogP contribution in [0.1, 0.15) is 43.3 Å². The molecule has 1 heterocycles. The van der Waals surface area contributed by atoms with E-state index in [2.05, 4.69) is 31.5 Å². The van der Waals surface area contributed by atoms with E-state index in [1.807, 2.05) is 61.5 Å². The van der Waals surface area contributed by atoms with Crippen LogP contribution in [-0.2, 0) is 11.3 Å². The van der Waals surface area contributed by atoms with Crippen LogP contribution in [0, 0.1) is 0 Å². The van der Waals surface area contributed by atoms with E-state index in [-0.39, 0.29) is 11.7 Å². The van der Waals surface area contributed by atoms with Crippen LogP contribution in [0.15, 0.2) is 83.8 Å². The van der Waals surface area contributed by atoms with Crippen LogP contribution in [0.25, 0.3) is 11.3 Å². The third-order valence-electron chi connectivity index (χ3n) is 3.85. The number of furan rings is 1. The van der Waals surface area contributed by atoms with Crippen molar-refractivity contribution in [2.75, 3.05) is 27.3 Å². The van der Waals surface area contributed by atoms with Crippen LogP contribution < -0.4 is 15.8 Å². The van der Waals surface area contributed by atoms with E-state index in [0.717, 1.165) is 11.1 Å². The van der Waals surface area contributed by atoms with Gasteiger partial charge in [-0.25, -0.2) is 0 Å². The molecular weight excluding hydrogens is 428 g/mol. The molecule has 6 heteroatoms. The summed E-state index contributed by atoms with van der Waals surface area (Å²) in [7, 11) is 3.10. The van der Waals surface area contributed by atoms with Crippen molar-refractivity contribution in [3.63, 3.8) is 0 Å². The van der Waals surface area contributed by atoms with Crippen LogP contribution >= 0.6 is 0 Å². The Kier molecular flexibility index (Phi) is 18.3. The van der Waals surface area contributed by atoms with Crippen molar-refractivity contribution in [1.29, 1.82) is 0 Å². The number of amides is 1. The van der Waals surface area contributed by atoms with Gasteiger partial charge in [0, 0.05) is 6.54 Å². The van der Waals surface area contributed by atoms with Gasteiger partial charge in [-0.1, -0.05) is 68.8 Å². The number of rotatable bonds is 8. The Morgan fingerprint density at radius 1 is 1.03 bits per heavy atom. The minimum atomic E-state index is -0.269. The van der Waals surface area contributed by atoms with Crippen molar-refractivity contribution in [1.82, 2.24) is 5.32 Å². The zero-order valence-corrected chi connectivity index (χ0v) is 21.2. The quantitative estimate of drug-likeness (QED) is 0.309. The van der Waals surface area contributed by atoms with Gasteiger partial charge in [0.15, 0.2) is 5.76 Å². The fourth-order valence-electron chi connectivity index (χ4n) is 2.54. The third-order valence-corrected chi connectivity index (χ3v) is 3.85. The first-order chi connectivity index (χ1) is 16.6. The molecule has 0 aliphatic carbocycles. The Labute approximate surface area is 204 Å². The molecule has 1 aromatic heterocycles. The zero-order valence-electron chi connectivity index (χ0n) is 21.2. The molecule has 0 fully saturated rings. The Morgan fingerprint density at radius 2 is 1.62 bits per heavy atom. The van der Waals surface area contributed by atoms with Crippen LogP contribution in [0.3, 0.4) is 0 Å². The van der Waals surface area contributed by atoms with E-state index < -0.39 is 0 Å². The minimum Gasteiger partial charge on any atom is -0.496 e. The van der Waals surface area contributed by atoms with Gasteiger partial charge < -0.3 is 24.9 Å². The smallest absolute Gasteiger partial charge is 0.287 e. The van der Waals surface area contributed by atoms with Crippen molar-refractivity contribution in [3.8, 4) is 17.1 Å². The van der Waals surface area contributed by atoms with Gasteiger partial charge in [0.2, 0.25) is 0 Å². The predicted octanol–water partition coefficient (Wildman–Crippen LogP) is 6.09. The van der Waals surface area contributed by atoms with Gasteiger partial charge in [-0.05, 0) is 43.8 Å². The highest BCUT2D eigenvalue weighted by molar-refractivity contribution is 5.92. The van der Waals surface area contributed by atoms with Gasteiger partial charge in [-0.2, -0.15) is 0 Å². The van der Waals surface area contributed by atoms with Gasteiger partial charge in [0.25, 0.3) is 5.91 Å². The molecule has 34 heavy (non-hydrogen) atoms. The molecule has 0 saturated heterocycles. The van der Waals surface area contributed by atoms with Crippen molar-refractivity contribution >= 4 is 5.91 Å². The molecule has 0 saturated carbocycles. The number of carbonyl (C=O) groups excluding carboxylic acids is 1. The van der Waals surface area contributed by atoms with Crippen LogP contribution in [-0.4, -0.2) is 33.2 Å². The lowest BCUT2D eigenvalue weighted by molar-refractivity contribution is 0.0876. The van der Waals surface area contributed by atoms with Crippen LogP contribution in [0.4, 0.5) is 0 Å². The highest BCUT2D eigenvalue weighted by Crippen LogP contribution is 2.30. The molecule has 1 amide bonds. The maximum absolute atomic E-state index is 12.2. The number of para-hydroxylation sites is 1. The number of nitrogens with two attached hydrogens (primary N) is 1. The molecule has 3 rings (SSSR count). The molecule has 0 aliphatic rings. The number of hydrogen-bond acceptors (Lipinski definition) is 5. The first-order valence-corrected chi connectivity index (χ1v) is 11.4. The SMILES string of the molecule is C=CC.CCC.CN.COc1ccccc1-c1ccc(C(=O)NCCOCc2ccccc2)o1. The van der Waals surface area contributed by atoms with E-state index in [0.29, 0.717) is 31.3 Å². The lowest BCUT2D eigenvalue weighted by atomic mass is 10.1. The minimum absolute atomic E-state index is 0.258. The van der Waals surface area contributed by atoms with E-state index in [1.165, 1.54) is 13.5 Å². The third kappa shape index (κ3) is 12.0. The number of nitrogens with one attached hydrogen (secondary N) is 1. The topological polar surface area (TPSA) is 86.7 Å². The largest absolute Gasteiger partial charge is 0.496 e. The molecule has 6 nitrogen and oxygen atoms in total. The monoisotopic (exact) mass is 468 g/mol. The number of carbonyl (C=O) groups is 1. The lowest BCUT2D eigenvalue weighted by Crippen LogP contribution is -2.26. The maximum Gasteiger partial charge on any atom is 0.287 e. The average Bonchev–Trinajstić information content (AvgIpc) is 3.37. The summed E-state index contributed by atoms with van der Waals surface area (Å²) in [6, 6.07) is 20.8. The molecule has 186 valence electrons. The summed E-state index contributed by atoms with van der Waals surface area (Å²) in [4.78, 5) is 12.2. The van der Waals surface area contributed by atoms with Crippen molar-refractivity contribution in [3.05, 3.63) is 90.7 Å². The van der Waals surface area contributed by atoms with Gasteiger partial charge in [0.1, 0.15) is 11.5 Å². The first kappa shape index (κ1) is 30.7. The molecule has 3 N–H and O–H groups in total. The lowest BCUT2D eigenvalue weighted by Gasteiger charge is -2.06. The molecule has 0 atom stereocenters. The molecule has 0 bridgehead atoms. The highest BCUT2D eigenvalue weighted by atomic mass is 16.5. The van der Waals surface area contributed by atoms with Crippen molar-refractivity contribution < 1.29 is 18.7 Å². The molecule has 0 spiro atoms. The van der Waals surface area contributed by atoms with E-state index in [4.69, 9.17) is 13.9 Å². The summed E-state index contributed by atoms with van der Waals surface area (Å²) in [5, 5.41) is 2.79.